The first-order valence-corrected chi connectivity index (χ1v) is 12.1. The lowest BCUT2D eigenvalue weighted by Gasteiger charge is -2.25. The third-order valence-electron chi connectivity index (χ3n) is 7.25. The molecule has 1 saturated heterocycles. The molecular weight excluding hydrogens is 423 g/mol. The van der Waals surface area contributed by atoms with Crippen LogP contribution in [0.1, 0.15) is 90.8 Å². The molecule has 2 fully saturated rings. The molecule has 1 unspecified atom stereocenters. The molecule has 0 bridgehead atoms. The Hall–Kier alpha value is -2.74. The number of nitrogens with one attached hydrogen (secondary N) is 2. The first-order chi connectivity index (χ1) is 16.1. The average molecular weight is 455 g/mol. The maximum Gasteiger partial charge on any atom is 0.257 e. The van der Waals surface area contributed by atoms with Crippen LogP contribution in [0.5, 0.6) is 0 Å². The minimum absolute atomic E-state index is 0.150. The van der Waals surface area contributed by atoms with Gasteiger partial charge in [0.1, 0.15) is 23.2 Å². The smallest absolute Gasteiger partial charge is 0.257 e. The normalized spacial score (nSPS) is 19.5. The number of hydrogen-bond donors (Lipinski definition) is 2. The van der Waals surface area contributed by atoms with Crippen molar-refractivity contribution in [2.45, 2.75) is 70.3 Å². The summed E-state index contributed by atoms with van der Waals surface area (Å²) in [7, 11) is 0. The summed E-state index contributed by atoms with van der Waals surface area (Å²) in [6.45, 7) is 3.06. The van der Waals surface area contributed by atoms with Gasteiger partial charge in [-0.05, 0) is 56.1 Å². The third kappa shape index (κ3) is 4.53. The molecule has 1 atom stereocenters. The molecule has 1 aromatic carbocycles. The van der Waals surface area contributed by atoms with Gasteiger partial charge < -0.3 is 19.6 Å². The van der Waals surface area contributed by atoms with Crippen molar-refractivity contribution < 1.29 is 18.4 Å². The van der Waals surface area contributed by atoms with Gasteiger partial charge in [-0.2, -0.15) is 0 Å². The SMILES string of the molecule is Cc1nocc1C(=O)NC(c1nc2c(F)c(C3CCOCC3)ccc2[nH]1)C1CCCCCC1. The summed E-state index contributed by atoms with van der Waals surface area (Å²) in [5, 5.41) is 6.99. The van der Waals surface area contributed by atoms with E-state index in [4.69, 9.17) is 14.2 Å². The Morgan fingerprint density at radius 2 is 1.91 bits per heavy atom. The van der Waals surface area contributed by atoms with E-state index < -0.39 is 0 Å². The van der Waals surface area contributed by atoms with Crippen LogP contribution < -0.4 is 5.32 Å². The fourth-order valence-corrected chi connectivity index (χ4v) is 5.33. The second-order valence-electron chi connectivity index (χ2n) is 9.39. The summed E-state index contributed by atoms with van der Waals surface area (Å²) in [5.41, 5.74) is 2.68. The van der Waals surface area contributed by atoms with E-state index in [1.165, 1.54) is 19.1 Å². The van der Waals surface area contributed by atoms with Gasteiger partial charge in [-0.1, -0.05) is 36.9 Å². The van der Waals surface area contributed by atoms with E-state index in [9.17, 15) is 4.79 Å². The first-order valence-electron chi connectivity index (χ1n) is 12.1. The van der Waals surface area contributed by atoms with E-state index in [2.05, 4.69) is 15.5 Å². The highest BCUT2D eigenvalue weighted by atomic mass is 19.1. The number of carbonyl (C=O) groups excluding carboxylic acids is 1. The number of imidazole rings is 1. The number of aromatic nitrogens is 3. The van der Waals surface area contributed by atoms with E-state index in [0.717, 1.165) is 38.5 Å². The average Bonchev–Trinajstić information content (AvgIpc) is 3.36. The summed E-state index contributed by atoms with van der Waals surface area (Å²) in [6, 6.07) is 3.45. The second-order valence-corrected chi connectivity index (χ2v) is 9.39. The molecule has 3 heterocycles. The first kappa shape index (κ1) is 22.1. The Balaban J connectivity index is 1.49. The predicted molar refractivity (Wildman–Crippen MR) is 121 cm³/mol. The van der Waals surface area contributed by atoms with Crippen LogP contribution >= 0.6 is 0 Å². The summed E-state index contributed by atoms with van der Waals surface area (Å²) < 4.78 is 25.9. The van der Waals surface area contributed by atoms with Gasteiger partial charge in [0.15, 0.2) is 5.82 Å². The van der Waals surface area contributed by atoms with Gasteiger partial charge in [0, 0.05) is 13.2 Å². The quantitative estimate of drug-likeness (QED) is 0.508. The molecular formula is C25H31FN4O3. The van der Waals surface area contributed by atoms with Crippen molar-refractivity contribution in [1.82, 2.24) is 20.4 Å². The lowest BCUT2D eigenvalue weighted by atomic mass is 9.91. The minimum Gasteiger partial charge on any atom is -0.381 e. The number of fused-ring (bicyclic) bond motifs is 1. The molecule has 3 aromatic rings. The zero-order valence-corrected chi connectivity index (χ0v) is 19.0. The molecule has 33 heavy (non-hydrogen) atoms. The number of nitrogens with zero attached hydrogens (tertiary/aromatic N) is 2. The number of carbonyl (C=O) groups is 1. The Labute approximate surface area is 192 Å². The highest BCUT2D eigenvalue weighted by Crippen LogP contribution is 2.36. The molecule has 1 amide bonds. The summed E-state index contributed by atoms with van der Waals surface area (Å²) in [6.07, 6.45) is 9.64. The summed E-state index contributed by atoms with van der Waals surface area (Å²) in [4.78, 5) is 21.1. The zero-order chi connectivity index (χ0) is 22.8. The van der Waals surface area contributed by atoms with Crippen LogP contribution in [0, 0.1) is 18.7 Å². The molecule has 8 heteroatoms. The predicted octanol–water partition coefficient (Wildman–Crippen LogP) is 5.33. The van der Waals surface area contributed by atoms with E-state index in [0.29, 0.717) is 46.9 Å². The molecule has 0 radical (unpaired) electrons. The highest BCUT2D eigenvalue weighted by Gasteiger charge is 2.31. The Morgan fingerprint density at radius 1 is 1.15 bits per heavy atom. The van der Waals surface area contributed by atoms with Gasteiger partial charge >= 0.3 is 0 Å². The van der Waals surface area contributed by atoms with Crippen molar-refractivity contribution in [2.24, 2.45) is 5.92 Å². The number of ether oxygens (including phenoxy) is 1. The molecule has 1 saturated carbocycles. The van der Waals surface area contributed by atoms with Crippen molar-refractivity contribution >= 4 is 16.9 Å². The number of aryl methyl sites for hydroxylation is 1. The zero-order valence-electron chi connectivity index (χ0n) is 19.0. The molecule has 2 aromatic heterocycles. The van der Waals surface area contributed by atoms with Gasteiger partial charge in [-0.15, -0.1) is 0 Å². The van der Waals surface area contributed by atoms with Crippen LogP contribution in [-0.2, 0) is 4.74 Å². The van der Waals surface area contributed by atoms with Gasteiger partial charge in [0.2, 0.25) is 0 Å². The number of aromatic amines is 1. The molecule has 5 rings (SSSR count). The van der Waals surface area contributed by atoms with Crippen molar-refractivity contribution in [3.05, 3.63) is 46.9 Å². The van der Waals surface area contributed by atoms with Crippen molar-refractivity contribution in [1.29, 1.82) is 0 Å². The van der Waals surface area contributed by atoms with Crippen molar-refractivity contribution in [2.75, 3.05) is 13.2 Å². The van der Waals surface area contributed by atoms with E-state index in [1.807, 2.05) is 12.1 Å². The van der Waals surface area contributed by atoms with E-state index >= 15 is 4.39 Å². The fraction of sp³-hybridized carbons (Fsp3) is 0.560. The van der Waals surface area contributed by atoms with Gasteiger partial charge in [-0.25, -0.2) is 9.37 Å². The highest BCUT2D eigenvalue weighted by molar-refractivity contribution is 5.95. The number of benzene rings is 1. The number of H-pyrrole nitrogens is 1. The largest absolute Gasteiger partial charge is 0.381 e. The van der Waals surface area contributed by atoms with Crippen LogP contribution in [0.2, 0.25) is 0 Å². The molecule has 176 valence electrons. The number of amides is 1. The van der Waals surface area contributed by atoms with Crippen LogP contribution in [-0.4, -0.2) is 34.2 Å². The lowest BCUT2D eigenvalue weighted by Crippen LogP contribution is -2.34. The maximum atomic E-state index is 15.5. The number of hydrogen-bond acceptors (Lipinski definition) is 5. The molecule has 1 aliphatic heterocycles. The Bertz CT molecular complexity index is 1110. The molecule has 7 nitrogen and oxygen atoms in total. The van der Waals surface area contributed by atoms with Gasteiger partial charge in [0.05, 0.1) is 17.3 Å². The second kappa shape index (κ2) is 9.63. The number of halogens is 1. The van der Waals surface area contributed by atoms with Crippen LogP contribution in [0.15, 0.2) is 22.9 Å². The Morgan fingerprint density at radius 3 is 2.61 bits per heavy atom. The van der Waals surface area contributed by atoms with E-state index in [1.54, 1.807) is 6.92 Å². The molecule has 0 spiro atoms. The van der Waals surface area contributed by atoms with Gasteiger partial charge in [0.25, 0.3) is 5.91 Å². The number of rotatable bonds is 5. The van der Waals surface area contributed by atoms with Crippen LogP contribution in [0.3, 0.4) is 0 Å². The van der Waals surface area contributed by atoms with E-state index in [-0.39, 0.29) is 29.6 Å². The minimum atomic E-state index is -0.330. The van der Waals surface area contributed by atoms with Crippen LogP contribution in [0.4, 0.5) is 4.39 Å². The fourth-order valence-electron chi connectivity index (χ4n) is 5.33. The van der Waals surface area contributed by atoms with Crippen molar-refractivity contribution in [3.63, 3.8) is 0 Å². The van der Waals surface area contributed by atoms with Crippen LogP contribution in [0.25, 0.3) is 11.0 Å². The molecule has 1 aliphatic carbocycles. The summed E-state index contributed by atoms with van der Waals surface area (Å²) >= 11 is 0. The maximum absolute atomic E-state index is 15.5. The molecule has 2 N–H and O–H groups in total. The third-order valence-corrected chi connectivity index (χ3v) is 7.25. The topological polar surface area (TPSA) is 93.0 Å². The molecule has 2 aliphatic rings. The summed E-state index contributed by atoms with van der Waals surface area (Å²) in [5.74, 6) is 0.490. The lowest BCUT2D eigenvalue weighted by molar-refractivity contribution is 0.0846. The Kier molecular flexibility index (Phi) is 6.44. The van der Waals surface area contributed by atoms with Crippen molar-refractivity contribution in [3.8, 4) is 0 Å². The monoisotopic (exact) mass is 454 g/mol. The van der Waals surface area contributed by atoms with Gasteiger partial charge in [-0.3, -0.25) is 4.79 Å². The standard InChI is InChI=1S/C25H31FN4O3/c1-15-19(14-33-30-15)25(31)29-22(17-6-4-2-3-5-7-17)24-27-20-9-8-18(21(26)23(20)28-24)16-10-12-32-13-11-16/h8-9,14,16-17,22H,2-7,10-13H2,1H3,(H,27,28)(H,29,31).